The lowest BCUT2D eigenvalue weighted by Gasteiger charge is -2.41. The summed E-state index contributed by atoms with van der Waals surface area (Å²) in [5.41, 5.74) is 3.49. The number of para-hydroxylation sites is 1. The van der Waals surface area contributed by atoms with Gasteiger partial charge in [0.25, 0.3) is 0 Å². The molecular weight excluding hydrogens is 557 g/mol. The smallest absolute Gasteiger partial charge is 0.318 e. The van der Waals surface area contributed by atoms with Gasteiger partial charge in [-0.25, -0.2) is 6.57 Å². The second kappa shape index (κ2) is 14.4. The Morgan fingerprint density at radius 3 is 2.71 bits per heavy atom. The van der Waals surface area contributed by atoms with E-state index in [1.807, 2.05) is 24.3 Å². The van der Waals surface area contributed by atoms with Crippen LogP contribution in [0.3, 0.4) is 0 Å². The van der Waals surface area contributed by atoms with E-state index in [4.69, 9.17) is 21.3 Å². The minimum Gasteiger partial charge on any atom is -0.462 e. The molecule has 218 valence electrons. The molecule has 0 N–H and O–H groups in total. The lowest BCUT2D eigenvalue weighted by Crippen LogP contribution is -2.56. The van der Waals surface area contributed by atoms with Crippen molar-refractivity contribution in [3.05, 3.63) is 65.2 Å². The van der Waals surface area contributed by atoms with Crippen molar-refractivity contribution < 1.29 is 9.53 Å². The van der Waals surface area contributed by atoms with E-state index < -0.39 is 0 Å². The molecule has 41 heavy (non-hydrogen) atoms. The average molecular weight is 595 g/mol. The minimum atomic E-state index is -0.244. The number of benzene rings is 1. The maximum atomic E-state index is 12.5. The number of rotatable bonds is 7. The summed E-state index contributed by atoms with van der Waals surface area (Å²) in [5, 5.41) is 9.66. The number of carbonyl (C=O) groups is 1. The summed E-state index contributed by atoms with van der Waals surface area (Å²) in [6, 6.07) is 10.4. The number of carbonyl (C=O) groups excluding carboxylic acids is 1. The number of ether oxygens (including phenoxy) is 1. The molecule has 4 heterocycles. The topological polar surface area (TPSA) is 93.2 Å². The van der Waals surface area contributed by atoms with Crippen LogP contribution in [0.25, 0.3) is 4.85 Å². The molecule has 1 aromatic carbocycles. The number of fused-ring (bicyclic) bond motifs is 1. The van der Waals surface area contributed by atoms with Crippen LogP contribution in [0, 0.1) is 17.9 Å². The molecule has 0 radical (unpaired) electrons. The van der Waals surface area contributed by atoms with Crippen LogP contribution < -0.4 is 14.5 Å². The summed E-state index contributed by atoms with van der Waals surface area (Å²) in [6.07, 6.45) is 4.28. The summed E-state index contributed by atoms with van der Waals surface area (Å²) >= 11 is 0. The number of likely N-dealkylation sites (N-methyl/N-ethyl adjacent to an activating group) is 1. The molecule has 0 spiro atoms. The Labute approximate surface area is 256 Å². The van der Waals surface area contributed by atoms with Crippen molar-refractivity contribution in [3.8, 4) is 12.1 Å². The second-order valence-corrected chi connectivity index (χ2v) is 10.3. The predicted octanol–water partition coefficient (Wildman–Crippen LogP) is 2.73. The summed E-state index contributed by atoms with van der Waals surface area (Å²) in [7, 11) is 2.12. The third-order valence-electron chi connectivity index (χ3n) is 8.01. The van der Waals surface area contributed by atoms with Crippen LogP contribution in [0.2, 0.25) is 0 Å². The molecule has 0 bridgehead atoms. The third kappa shape index (κ3) is 6.89. The average Bonchev–Trinajstić information content (AvgIpc) is 3.39. The van der Waals surface area contributed by atoms with E-state index in [0.717, 1.165) is 55.1 Å². The van der Waals surface area contributed by atoms with Gasteiger partial charge >= 0.3 is 6.01 Å². The van der Waals surface area contributed by atoms with Crippen molar-refractivity contribution in [2.24, 2.45) is 0 Å². The van der Waals surface area contributed by atoms with Crippen LogP contribution in [-0.4, -0.2) is 90.7 Å². The van der Waals surface area contributed by atoms with Crippen LogP contribution >= 0.6 is 27.0 Å². The molecule has 0 saturated carbocycles. The first-order valence-corrected chi connectivity index (χ1v) is 13.5. The number of hydrogen-bond donors (Lipinski definition) is 0. The molecule has 3 aliphatic rings. The SMILES string of the molecule is S.S.[C-]#[N+]C[C@H]1CN(c2nc(OC[C@@H]3CCCN3C)nc3c2CCN(c2ccccc2C#N)C3)CCN1C(=O)C=C. The largest absolute Gasteiger partial charge is 0.462 e. The number of piperazine rings is 1. The van der Waals surface area contributed by atoms with Crippen molar-refractivity contribution in [2.45, 2.75) is 37.9 Å². The summed E-state index contributed by atoms with van der Waals surface area (Å²) in [5.74, 6) is 0.674. The normalized spacial score (nSPS) is 20.1. The summed E-state index contributed by atoms with van der Waals surface area (Å²) in [4.78, 5) is 34.2. The summed E-state index contributed by atoms with van der Waals surface area (Å²) in [6.45, 7) is 15.8. The van der Waals surface area contributed by atoms with Crippen molar-refractivity contribution >= 4 is 44.4 Å². The molecule has 0 unspecified atom stereocenters. The van der Waals surface area contributed by atoms with Gasteiger partial charge in [0, 0.05) is 37.8 Å². The first kappa shape index (κ1) is 32.1. The zero-order valence-corrected chi connectivity index (χ0v) is 25.4. The van der Waals surface area contributed by atoms with Crippen LogP contribution in [0.4, 0.5) is 11.5 Å². The van der Waals surface area contributed by atoms with Crippen molar-refractivity contribution in [1.29, 1.82) is 5.26 Å². The monoisotopic (exact) mass is 594 g/mol. The molecule has 5 rings (SSSR count). The highest BCUT2D eigenvalue weighted by Crippen LogP contribution is 2.33. The maximum Gasteiger partial charge on any atom is 0.318 e. The second-order valence-electron chi connectivity index (χ2n) is 10.3. The van der Waals surface area contributed by atoms with E-state index >= 15 is 0 Å². The highest BCUT2D eigenvalue weighted by Gasteiger charge is 2.35. The molecular formula is C29H38N8O2S2. The molecule has 2 aromatic rings. The Morgan fingerprint density at radius 2 is 2.00 bits per heavy atom. The van der Waals surface area contributed by atoms with E-state index in [0.29, 0.717) is 50.4 Å². The molecule has 0 aliphatic carbocycles. The van der Waals surface area contributed by atoms with Gasteiger partial charge in [0.1, 0.15) is 24.5 Å². The predicted molar refractivity (Wildman–Crippen MR) is 169 cm³/mol. The fraction of sp³-hybridized carbons (Fsp3) is 0.483. The highest BCUT2D eigenvalue weighted by molar-refractivity contribution is 7.59. The molecule has 2 fully saturated rings. The molecule has 3 aliphatic heterocycles. The Kier molecular flexibility index (Phi) is 11.3. The Bertz CT molecular complexity index is 1330. The van der Waals surface area contributed by atoms with Gasteiger partial charge in [0.2, 0.25) is 12.5 Å². The van der Waals surface area contributed by atoms with Gasteiger partial charge in [-0.15, -0.1) is 0 Å². The van der Waals surface area contributed by atoms with Gasteiger partial charge in [0.05, 0.1) is 23.5 Å². The zero-order chi connectivity index (χ0) is 27.4. The third-order valence-corrected chi connectivity index (χ3v) is 8.01. The van der Waals surface area contributed by atoms with Gasteiger partial charge < -0.3 is 29.2 Å². The van der Waals surface area contributed by atoms with Crippen LogP contribution in [-0.2, 0) is 17.8 Å². The number of nitriles is 1. The van der Waals surface area contributed by atoms with Gasteiger partial charge in [-0.05, 0) is 51.1 Å². The molecule has 2 saturated heterocycles. The Balaban J connectivity index is 0.00000231. The Hall–Kier alpha value is -3.45. The van der Waals surface area contributed by atoms with Gasteiger partial charge in [-0.3, -0.25) is 4.79 Å². The fourth-order valence-corrected chi connectivity index (χ4v) is 5.84. The van der Waals surface area contributed by atoms with Crippen LogP contribution in [0.5, 0.6) is 6.01 Å². The van der Waals surface area contributed by atoms with Gasteiger partial charge in [0.15, 0.2) is 0 Å². The summed E-state index contributed by atoms with van der Waals surface area (Å²) < 4.78 is 6.21. The first-order valence-electron chi connectivity index (χ1n) is 13.5. The van der Waals surface area contributed by atoms with Crippen molar-refractivity contribution in [1.82, 2.24) is 19.8 Å². The highest BCUT2D eigenvalue weighted by atomic mass is 32.1. The van der Waals surface area contributed by atoms with Gasteiger partial charge in [-0.1, -0.05) is 18.7 Å². The van der Waals surface area contributed by atoms with Crippen molar-refractivity contribution in [2.75, 3.05) is 62.7 Å². The minimum absolute atomic E-state index is 0. The molecule has 1 aromatic heterocycles. The number of aromatic nitrogens is 2. The standard InChI is InChI=1S/C29H34N8O2.2H2S/c1-4-27(38)37-15-14-36(18-23(37)17-31-2)28-24-11-13-35(26-10-6-5-8-21(26)16-30)19-25(24)32-29(33-28)39-20-22-9-7-12-34(22)3;;/h4-6,8,10,22-23H,1,7,9,11-15,17-20H2,3H3;2*1H2/t22-,23-;;/m0../s1. The number of amides is 1. The van der Waals surface area contributed by atoms with Crippen LogP contribution in [0.1, 0.15) is 29.7 Å². The van der Waals surface area contributed by atoms with Crippen molar-refractivity contribution in [3.63, 3.8) is 0 Å². The van der Waals surface area contributed by atoms with Crippen LogP contribution in [0.15, 0.2) is 36.9 Å². The molecule has 10 nitrogen and oxygen atoms in total. The zero-order valence-electron chi connectivity index (χ0n) is 23.4. The van der Waals surface area contributed by atoms with E-state index in [-0.39, 0.29) is 45.5 Å². The quantitative estimate of drug-likeness (QED) is 0.357. The lowest BCUT2D eigenvalue weighted by molar-refractivity contribution is -0.128. The Morgan fingerprint density at radius 1 is 1.20 bits per heavy atom. The van der Waals surface area contributed by atoms with E-state index in [2.05, 4.69) is 39.2 Å². The van der Waals surface area contributed by atoms with Gasteiger partial charge in [-0.2, -0.15) is 42.2 Å². The fourth-order valence-electron chi connectivity index (χ4n) is 5.84. The van der Waals surface area contributed by atoms with E-state index in [1.54, 1.807) is 4.90 Å². The number of likely N-dealkylation sites (tertiary alicyclic amines) is 1. The molecule has 12 heteroatoms. The number of hydrogen-bond acceptors (Lipinski definition) is 8. The first-order chi connectivity index (χ1) is 19.0. The van der Waals surface area contributed by atoms with E-state index in [1.165, 1.54) is 6.08 Å². The number of anilines is 2. The number of nitrogens with zero attached hydrogens (tertiary/aromatic N) is 8. The molecule has 1 amide bonds. The lowest BCUT2D eigenvalue weighted by atomic mass is 10.0. The maximum absolute atomic E-state index is 12.5. The molecule has 2 atom stereocenters. The van der Waals surface area contributed by atoms with E-state index in [9.17, 15) is 10.1 Å².